The van der Waals surface area contributed by atoms with Crippen molar-refractivity contribution in [1.82, 2.24) is 4.57 Å². The van der Waals surface area contributed by atoms with Crippen molar-refractivity contribution in [2.45, 2.75) is 6.92 Å². The Morgan fingerprint density at radius 3 is 2.68 bits per heavy atom. The number of nitrogens with two attached hydrogens (primary N) is 1. The zero-order chi connectivity index (χ0) is 16.3. The molecule has 0 fully saturated rings. The third kappa shape index (κ3) is 2.83. The molecule has 0 aliphatic carbocycles. The van der Waals surface area contributed by atoms with Crippen molar-refractivity contribution in [3.63, 3.8) is 0 Å². The maximum Gasteiger partial charge on any atom is 0.256 e. The second-order valence-electron chi connectivity index (χ2n) is 4.75. The van der Waals surface area contributed by atoms with Crippen LogP contribution in [0.4, 0.5) is 11.5 Å². The summed E-state index contributed by atoms with van der Waals surface area (Å²) in [5.74, 6) is -0.0136. The van der Waals surface area contributed by atoms with E-state index in [1.54, 1.807) is 37.3 Å². The molecule has 112 valence electrons. The van der Waals surface area contributed by atoms with Crippen molar-refractivity contribution in [1.29, 1.82) is 0 Å². The van der Waals surface area contributed by atoms with Gasteiger partial charge in [-0.25, -0.2) is 0 Å². The first-order valence-corrected chi connectivity index (χ1v) is 6.66. The molecular weight excluding hydrogens is 278 g/mol. The van der Waals surface area contributed by atoms with Crippen LogP contribution in [0.5, 0.6) is 0 Å². The van der Waals surface area contributed by atoms with Gasteiger partial charge in [0, 0.05) is 17.3 Å². The summed E-state index contributed by atoms with van der Waals surface area (Å²) in [5.41, 5.74) is 8.44. The van der Waals surface area contributed by atoms with E-state index in [0.717, 1.165) is 5.56 Å². The number of nitrogens with one attached hydrogen (secondary N) is 1. The molecule has 0 radical (unpaired) electrons. The number of aryl methyl sites for hydroxylation is 1. The number of rotatable bonds is 4. The first kappa shape index (κ1) is 15.3. The number of carbonyl (C=O) groups excluding carboxylic acids is 1. The van der Waals surface area contributed by atoms with Gasteiger partial charge in [-0.2, -0.15) is 0 Å². The maximum absolute atomic E-state index is 12.3. The quantitative estimate of drug-likeness (QED) is 0.851. The Kier molecular flexibility index (Phi) is 4.27. The van der Waals surface area contributed by atoms with Gasteiger partial charge in [0.25, 0.3) is 5.56 Å². The summed E-state index contributed by atoms with van der Waals surface area (Å²) in [4.78, 5) is 23.6. The van der Waals surface area contributed by atoms with Crippen LogP contribution in [0.3, 0.4) is 0 Å². The molecule has 1 aromatic heterocycles. The molecule has 5 heteroatoms. The molecule has 3 N–H and O–H groups in total. The second-order valence-corrected chi connectivity index (χ2v) is 4.75. The van der Waals surface area contributed by atoms with Crippen molar-refractivity contribution in [3.8, 4) is 5.69 Å². The van der Waals surface area contributed by atoms with Crippen molar-refractivity contribution in [2.75, 3.05) is 11.1 Å². The lowest BCUT2D eigenvalue weighted by atomic mass is 10.1. The topological polar surface area (TPSA) is 77.1 Å². The van der Waals surface area contributed by atoms with Crippen LogP contribution in [0.15, 0.2) is 54.4 Å². The predicted octanol–water partition coefficient (Wildman–Crippen LogP) is 2.50. The van der Waals surface area contributed by atoms with Gasteiger partial charge in [0.2, 0.25) is 5.91 Å². The summed E-state index contributed by atoms with van der Waals surface area (Å²) in [5, 5.41) is 2.65. The molecule has 1 heterocycles. The molecule has 0 atom stereocenters. The molecule has 5 nitrogen and oxygen atoms in total. The monoisotopic (exact) mass is 295 g/mol. The molecule has 2 aromatic rings. The highest BCUT2D eigenvalue weighted by atomic mass is 16.1. The summed E-state index contributed by atoms with van der Waals surface area (Å²) >= 11 is 0. The van der Waals surface area contributed by atoms with Gasteiger partial charge in [0.05, 0.1) is 5.69 Å². The van der Waals surface area contributed by atoms with Gasteiger partial charge in [-0.05, 0) is 36.8 Å². The number of pyridine rings is 1. The van der Waals surface area contributed by atoms with Crippen LogP contribution >= 0.6 is 0 Å². The lowest BCUT2D eigenvalue weighted by Crippen LogP contribution is -2.22. The molecule has 0 saturated heterocycles. The van der Waals surface area contributed by atoms with E-state index in [9.17, 15) is 9.59 Å². The lowest BCUT2D eigenvalue weighted by Gasteiger charge is -2.14. The zero-order valence-corrected chi connectivity index (χ0v) is 12.3. The van der Waals surface area contributed by atoms with Gasteiger partial charge in [-0.3, -0.25) is 14.2 Å². The Morgan fingerprint density at radius 1 is 1.32 bits per heavy atom. The van der Waals surface area contributed by atoms with Crippen molar-refractivity contribution in [2.24, 2.45) is 0 Å². The van der Waals surface area contributed by atoms with E-state index >= 15 is 0 Å². The molecular formula is C17H17N3O2. The number of hydrogen-bond donors (Lipinski definition) is 2. The molecule has 0 aliphatic rings. The van der Waals surface area contributed by atoms with E-state index in [1.807, 2.05) is 0 Å². The Labute approximate surface area is 128 Å². The number of aromatic nitrogens is 1. The van der Waals surface area contributed by atoms with E-state index in [1.165, 1.54) is 16.7 Å². The van der Waals surface area contributed by atoms with Gasteiger partial charge in [0.15, 0.2) is 0 Å². The van der Waals surface area contributed by atoms with E-state index < -0.39 is 0 Å². The Hall–Kier alpha value is -3.08. The normalized spacial score (nSPS) is 10.0. The average Bonchev–Trinajstić information content (AvgIpc) is 2.47. The standard InChI is InChI=1S/C17H17N3O2/c1-4-14-11(3)9-16(22)20(17(14)18)13-8-6-7-12(10-13)19-15(21)5-2/h4-10H,1-2,18H2,3H3,(H,19,21). The fraction of sp³-hybridized carbons (Fsp3) is 0.0588. The molecule has 0 bridgehead atoms. The van der Waals surface area contributed by atoms with Gasteiger partial charge < -0.3 is 11.1 Å². The molecule has 1 aromatic carbocycles. The van der Waals surface area contributed by atoms with Gasteiger partial charge >= 0.3 is 0 Å². The minimum Gasteiger partial charge on any atom is -0.384 e. The smallest absolute Gasteiger partial charge is 0.256 e. The van der Waals surface area contributed by atoms with Crippen LogP contribution in [0.25, 0.3) is 11.8 Å². The number of anilines is 2. The van der Waals surface area contributed by atoms with Crippen LogP contribution in [-0.2, 0) is 4.79 Å². The molecule has 22 heavy (non-hydrogen) atoms. The Morgan fingerprint density at radius 2 is 2.05 bits per heavy atom. The summed E-state index contributed by atoms with van der Waals surface area (Å²) in [6, 6.07) is 8.36. The van der Waals surface area contributed by atoms with Gasteiger partial charge in [-0.1, -0.05) is 25.3 Å². The minimum atomic E-state index is -0.326. The number of nitrogen functional groups attached to an aromatic ring is 1. The predicted molar refractivity (Wildman–Crippen MR) is 90.1 cm³/mol. The Bertz CT molecular complexity index is 819. The SMILES string of the molecule is C=CC(=O)Nc1cccc(-n2c(N)c(C=C)c(C)cc2=O)c1. The third-order valence-electron chi connectivity index (χ3n) is 3.26. The van der Waals surface area contributed by atoms with Crippen molar-refractivity contribution >= 4 is 23.5 Å². The molecule has 0 spiro atoms. The number of benzene rings is 1. The van der Waals surface area contributed by atoms with E-state index in [4.69, 9.17) is 5.73 Å². The number of nitrogens with zero attached hydrogens (tertiary/aromatic N) is 1. The molecule has 0 saturated carbocycles. The van der Waals surface area contributed by atoms with E-state index in [-0.39, 0.29) is 11.5 Å². The lowest BCUT2D eigenvalue weighted by molar-refractivity contribution is -0.111. The fourth-order valence-corrected chi connectivity index (χ4v) is 2.22. The van der Waals surface area contributed by atoms with E-state index in [2.05, 4.69) is 18.5 Å². The highest BCUT2D eigenvalue weighted by Crippen LogP contribution is 2.21. The first-order valence-electron chi connectivity index (χ1n) is 6.66. The van der Waals surface area contributed by atoms with Gasteiger partial charge in [-0.15, -0.1) is 0 Å². The van der Waals surface area contributed by atoms with Crippen LogP contribution in [-0.4, -0.2) is 10.5 Å². The molecule has 0 unspecified atom stereocenters. The van der Waals surface area contributed by atoms with Crippen molar-refractivity contribution in [3.05, 3.63) is 71.0 Å². The highest BCUT2D eigenvalue weighted by Gasteiger charge is 2.11. The highest BCUT2D eigenvalue weighted by molar-refractivity contribution is 5.99. The summed E-state index contributed by atoms with van der Waals surface area (Å²) < 4.78 is 1.38. The largest absolute Gasteiger partial charge is 0.384 e. The van der Waals surface area contributed by atoms with Gasteiger partial charge in [0.1, 0.15) is 5.82 Å². The number of hydrogen-bond acceptors (Lipinski definition) is 3. The fourth-order valence-electron chi connectivity index (χ4n) is 2.22. The van der Waals surface area contributed by atoms with Crippen molar-refractivity contribution < 1.29 is 4.79 Å². The maximum atomic E-state index is 12.3. The second kappa shape index (κ2) is 6.13. The van der Waals surface area contributed by atoms with Crippen LogP contribution in [0.2, 0.25) is 0 Å². The summed E-state index contributed by atoms with van der Waals surface area (Å²) in [6.45, 7) is 8.93. The summed E-state index contributed by atoms with van der Waals surface area (Å²) in [7, 11) is 0. The third-order valence-corrected chi connectivity index (χ3v) is 3.26. The zero-order valence-electron chi connectivity index (χ0n) is 12.3. The van der Waals surface area contributed by atoms with E-state index in [0.29, 0.717) is 22.8 Å². The van der Waals surface area contributed by atoms with Crippen LogP contribution in [0, 0.1) is 6.92 Å². The molecule has 1 amide bonds. The molecule has 2 rings (SSSR count). The van der Waals surface area contributed by atoms with Crippen LogP contribution in [0.1, 0.15) is 11.1 Å². The Balaban J connectivity index is 2.60. The minimum absolute atomic E-state index is 0.243. The average molecular weight is 295 g/mol. The molecule has 0 aliphatic heterocycles. The van der Waals surface area contributed by atoms with Crippen LogP contribution < -0.4 is 16.6 Å². The number of amides is 1. The summed E-state index contributed by atoms with van der Waals surface area (Å²) in [6.07, 6.45) is 2.79. The number of carbonyl (C=O) groups is 1. The first-order chi connectivity index (χ1) is 10.5.